The van der Waals surface area contributed by atoms with Crippen LogP contribution in [0.1, 0.15) is 38.3 Å². The molecule has 0 saturated carbocycles. The highest BCUT2D eigenvalue weighted by Gasteiger charge is 2.30. The molecule has 1 atom stereocenters. The highest BCUT2D eigenvalue weighted by atomic mass is 19.1. The van der Waals surface area contributed by atoms with Gasteiger partial charge in [0.2, 0.25) is 0 Å². The summed E-state index contributed by atoms with van der Waals surface area (Å²) in [6, 6.07) is 5.32. The van der Waals surface area contributed by atoms with E-state index in [1.54, 1.807) is 17.9 Å². The van der Waals surface area contributed by atoms with Gasteiger partial charge in [0.05, 0.1) is 6.17 Å². The first kappa shape index (κ1) is 19.8. The lowest BCUT2D eigenvalue weighted by Gasteiger charge is -2.41. The second kappa shape index (κ2) is 7.98. The summed E-state index contributed by atoms with van der Waals surface area (Å²) in [6.07, 6.45) is 3.05. The SMILES string of the molecule is Cc1cc(C2=CCNC(N3CCN(C(=O)OC(C)(C)C)CC3)C2)ccc1F. The lowest BCUT2D eigenvalue weighted by atomic mass is 9.96. The van der Waals surface area contributed by atoms with Crippen molar-refractivity contribution in [2.24, 2.45) is 0 Å². The summed E-state index contributed by atoms with van der Waals surface area (Å²) in [5, 5.41) is 3.54. The van der Waals surface area contributed by atoms with Gasteiger partial charge in [-0.05, 0) is 56.5 Å². The number of nitrogens with one attached hydrogen (secondary N) is 1. The maximum atomic E-state index is 13.6. The molecule has 1 saturated heterocycles. The molecule has 5 nitrogen and oxygen atoms in total. The van der Waals surface area contributed by atoms with Crippen molar-refractivity contribution in [2.75, 3.05) is 32.7 Å². The van der Waals surface area contributed by atoms with Gasteiger partial charge < -0.3 is 9.64 Å². The van der Waals surface area contributed by atoms with E-state index >= 15 is 0 Å². The van der Waals surface area contributed by atoms with Crippen LogP contribution in [0.25, 0.3) is 5.57 Å². The number of halogens is 1. The third-order valence-corrected chi connectivity index (χ3v) is 5.05. The lowest BCUT2D eigenvalue weighted by Crippen LogP contribution is -2.57. The fourth-order valence-electron chi connectivity index (χ4n) is 3.56. The Balaban J connectivity index is 1.57. The Morgan fingerprint density at radius 1 is 1.22 bits per heavy atom. The first-order valence-electron chi connectivity index (χ1n) is 9.64. The first-order valence-corrected chi connectivity index (χ1v) is 9.64. The minimum absolute atomic E-state index is 0.164. The minimum atomic E-state index is -0.466. The number of carbonyl (C=O) groups is 1. The van der Waals surface area contributed by atoms with Crippen LogP contribution in [0.2, 0.25) is 0 Å². The number of hydrogen-bond donors (Lipinski definition) is 1. The quantitative estimate of drug-likeness (QED) is 0.861. The zero-order chi connectivity index (χ0) is 19.6. The van der Waals surface area contributed by atoms with E-state index in [-0.39, 0.29) is 18.1 Å². The van der Waals surface area contributed by atoms with Crippen LogP contribution in [0.5, 0.6) is 0 Å². The summed E-state index contributed by atoms with van der Waals surface area (Å²) >= 11 is 0. The Bertz CT molecular complexity index is 719. The zero-order valence-corrected chi connectivity index (χ0v) is 16.7. The number of benzene rings is 1. The van der Waals surface area contributed by atoms with E-state index in [4.69, 9.17) is 4.74 Å². The van der Waals surface area contributed by atoms with E-state index in [1.165, 1.54) is 5.57 Å². The number of aryl methyl sites for hydroxylation is 1. The van der Waals surface area contributed by atoms with Gasteiger partial charge in [0.1, 0.15) is 11.4 Å². The van der Waals surface area contributed by atoms with Crippen molar-refractivity contribution in [3.05, 3.63) is 41.2 Å². The molecule has 2 aliphatic heterocycles. The van der Waals surface area contributed by atoms with E-state index in [0.717, 1.165) is 31.6 Å². The average molecular weight is 375 g/mol. The molecule has 1 amide bonds. The monoisotopic (exact) mass is 375 g/mol. The fourth-order valence-corrected chi connectivity index (χ4v) is 3.56. The Labute approximate surface area is 161 Å². The van der Waals surface area contributed by atoms with Gasteiger partial charge in [-0.2, -0.15) is 0 Å². The summed E-state index contributed by atoms with van der Waals surface area (Å²) < 4.78 is 19.0. The van der Waals surface area contributed by atoms with Crippen LogP contribution in [0.3, 0.4) is 0 Å². The molecule has 1 aromatic carbocycles. The molecule has 1 aromatic rings. The second-order valence-electron chi connectivity index (χ2n) is 8.32. The summed E-state index contributed by atoms with van der Waals surface area (Å²) in [5.74, 6) is -0.164. The van der Waals surface area contributed by atoms with Gasteiger partial charge in [-0.15, -0.1) is 0 Å². The topological polar surface area (TPSA) is 44.8 Å². The highest BCUT2D eigenvalue weighted by molar-refractivity contribution is 5.68. The van der Waals surface area contributed by atoms with Crippen LogP contribution in [0.4, 0.5) is 9.18 Å². The molecule has 148 valence electrons. The third kappa shape index (κ3) is 5.08. The molecule has 0 spiro atoms. The molecule has 0 bridgehead atoms. The molecular formula is C21H30FN3O2. The van der Waals surface area contributed by atoms with Crippen molar-refractivity contribution in [1.82, 2.24) is 15.1 Å². The van der Waals surface area contributed by atoms with Crippen molar-refractivity contribution in [2.45, 2.75) is 45.9 Å². The summed E-state index contributed by atoms with van der Waals surface area (Å²) in [5.41, 5.74) is 2.55. The van der Waals surface area contributed by atoms with E-state index in [9.17, 15) is 9.18 Å². The van der Waals surface area contributed by atoms with Crippen LogP contribution in [0.15, 0.2) is 24.3 Å². The lowest BCUT2D eigenvalue weighted by molar-refractivity contribution is 0.00863. The molecule has 2 aliphatic rings. The zero-order valence-electron chi connectivity index (χ0n) is 16.7. The van der Waals surface area contributed by atoms with E-state index in [0.29, 0.717) is 18.7 Å². The Morgan fingerprint density at radius 2 is 1.93 bits per heavy atom. The number of ether oxygens (including phenoxy) is 1. The van der Waals surface area contributed by atoms with Gasteiger partial charge in [-0.1, -0.05) is 12.1 Å². The van der Waals surface area contributed by atoms with Crippen molar-refractivity contribution < 1.29 is 13.9 Å². The van der Waals surface area contributed by atoms with E-state index in [2.05, 4.69) is 16.3 Å². The van der Waals surface area contributed by atoms with Gasteiger partial charge in [-0.25, -0.2) is 9.18 Å². The minimum Gasteiger partial charge on any atom is -0.444 e. The van der Waals surface area contributed by atoms with Crippen molar-refractivity contribution >= 4 is 11.7 Å². The molecule has 3 rings (SSSR count). The molecule has 0 radical (unpaired) electrons. The van der Waals surface area contributed by atoms with Gasteiger partial charge in [0.15, 0.2) is 0 Å². The molecule has 0 aromatic heterocycles. The smallest absolute Gasteiger partial charge is 0.410 e. The highest BCUT2D eigenvalue weighted by Crippen LogP contribution is 2.26. The first-order chi connectivity index (χ1) is 12.7. The maximum absolute atomic E-state index is 13.6. The van der Waals surface area contributed by atoms with Crippen LogP contribution >= 0.6 is 0 Å². The molecule has 27 heavy (non-hydrogen) atoms. The van der Waals surface area contributed by atoms with E-state index in [1.807, 2.05) is 32.9 Å². The molecule has 6 heteroatoms. The van der Waals surface area contributed by atoms with Crippen molar-refractivity contribution in [3.8, 4) is 0 Å². The summed E-state index contributed by atoms with van der Waals surface area (Å²) in [4.78, 5) is 16.4. The van der Waals surface area contributed by atoms with Gasteiger partial charge in [0.25, 0.3) is 0 Å². The Kier molecular flexibility index (Phi) is 5.86. The average Bonchev–Trinajstić information content (AvgIpc) is 2.63. The van der Waals surface area contributed by atoms with Crippen LogP contribution < -0.4 is 5.32 Å². The number of rotatable bonds is 2. The Morgan fingerprint density at radius 3 is 2.56 bits per heavy atom. The fraction of sp³-hybridized carbons (Fsp3) is 0.571. The molecule has 1 unspecified atom stereocenters. The van der Waals surface area contributed by atoms with Gasteiger partial charge >= 0.3 is 6.09 Å². The molecular weight excluding hydrogens is 345 g/mol. The van der Waals surface area contributed by atoms with E-state index < -0.39 is 5.60 Å². The number of hydrogen-bond acceptors (Lipinski definition) is 4. The normalized spacial score (nSPS) is 21.7. The second-order valence-corrected chi connectivity index (χ2v) is 8.32. The molecule has 0 aliphatic carbocycles. The Hall–Kier alpha value is -1.92. The molecule has 1 N–H and O–H groups in total. The molecule has 2 heterocycles. The predicted molar refractivity (Wildman–Crippen MR) is 105 cm³/mol. The van der Waals surface area contributed by atoms with Crippen LogP contribution in [-0.2, 0) is 4.74 Å². The third-order valence-electron chi connectivity index (χ3n) is 5.05. The maximum Gasteiger partial charge on any atom is 0.410 e. The standard InChI is InChI=1S/C21H30FN3O2/c1-15-13-16(5-6-18(15)22)17-7-8-23-19(14-17)24-9-11-25(12-10-24)20(26)27-21(2,3)4/h5-7,13,19,23H,8-12,14H2,1-4H3. The molecule has 1 fully saturated rings. The van der Waals surface area contributed by atoms with Crippen LogP contribution in [-0.4, -0.2) is 60.4 Å². The number of amides is 1. The number of nitrogens with zero attached hydrogens (tertiary/aromatic N) is 2. The van der Waals surface area contributed by atoms with Gasteiger partial charge in [0, 0.05) is 39.1 Å². The van der Waals surface area contributed by atoms with Crippen LogP contribution in [0, 0.1) is 12.7 Å². The number of piperazine rings is 1. The predicted octanol–water partition coefficient (Wildman–Crippen LogP) is 3.39. The van der Waals surface area contributed by atoms with Gasteiger partial charge in [-0.3, -0.25) is 10.2 Å². The van der Waals surface area contributed by atoms with Crippen molar-refractivity contribution in [3.63, 3.8) is 0 Å². The summed E-state index contributed by atoms with van der Waals surface area (Å²) in [6.45, 7) is 11.2. The number of carbonyl (C=O) groups excluding carboxylic acids is 1. The summed E-state index contributed by atoms with van der Waals surface area (Å²) in [7, 11) is 0. The largest absolute Gasteiger partial charge is 0.444 e. The van der Waals surface area contributed by atoms with Crippen molar-refractivity contribution in [1.29, 1.82) is 0 Å².